The number of amides is 1. The number of aryl methyl sites for hydroxylation is 1. The minimum absolute atomic E-state index is 0.227. The summed E-state index contributed by atoms with van der Waals surface area (Å²) < 4.78 is 5.17. The standard InChI is InChI=1S/C15H17N3O2/c1-10-6-7-11(8-17-10)9-18-15(19)12-4-3-5-13(16)14(12)20-2/h3-8H,9,16H2,1-2H3,(H,18,19). The molecule has 1 heterocycles. The van der Waals surface area contributed by atoms with Gasteiger partial charge < -0.3 is 15.8 Å². The molecular formula is C15H17N3O2. The Bertz CT molecular complexity index is 609. The SMILES string of the molecule is COc1c(N)cccc1C(=O)NCc1ccc(C)nc1. The van der Waals surface area contributed by atoms with Crippen molar-refractivity contribution >= 4 is 11.6 Å². The van der Waals surface area contributed by atoms with Gasteiger partial charge in [-0.05, 0) is 30.7 Å². The summed E-state index contributed by atoms with van der Waals surface area (Å²) in [6, 6.07) is 8.93. The second kappa shape index (κ2) is 6.06. The Morgan fingerprint density at radius 2 is 2.15 bits per heavy atom. The van der Waals surface area contributed by atoms with Crippen molar-refractivity contribution in [1.82, 2.24) is 10.3 Å². The van der Waals surface area contributed by atoms with Gasteiger partial charge in [-0.1, -0.05) is 12.1 Å². The van der Waals surface area contributed by atoms with Gasteiger partial charge in [0, 0.05) is 18.4 Å². The number of methoxy groups -OCH3 is 1. The lowest BCUT2D eigenvalue weighted by molar-refractivity contribution is 0.0948. The summed E-state index contributed by atoms with van der Waals surface area (Å²) in [7, 11) is 1.49. The third-order valence-corrected chi connectivity index (χ3v) is 2.92. The number of hydrogen-bond acceptors (Lipinski definition) is 4. The van der Waals surface area contributed by atoms with Crippen LogP contribution in [0.3, 0.4) is 0 Å². The quantitative estimate of drug-likeness (QED) is 0.833. The second-order valence-electron chi connectivity index (χ2n) is 4.42. The second-order valence-corrected chi connectivity index (χ2v) is 4.42. The number of aromatic nitrogens is 1. The molecule has 20 heavy (non-hydrogen) atoms. The minimum atomic E-state index is -0.227. The molecule has 0 unspecified atom stereocenters. The van der Waals surface area contributed by atoms with Gasteiger partial charge in [-0.25, -0.2) is 0 Å². The van der Waals surface area contributed by atoms with Crippen LogP contribution in [0.15, 0.2) is 36.5 Å². The van der Waals surface area contributed by atoms with E-state index >= 15 is 0 Å². The summed E-state index contributed by atoms with van der Waals surface area (Å²) >= 11 is 0. The number of rotatable bonds is 4. The van der Waals surface area contributed by atoms with E-state index in [-0.39, 0.29) is 5.91 Å². The molecule has 3 N–H and O–H groups in total. The number of pyridine rings is 1. The zero-order valence-electron chi connectivity index (χ0n) is 11.5. The van der Waals surface area contributed by atoms with Crippen LogP contribution in [0.4, 0.5) is 5.69 Å². The fraction of sp³-hybridized carbons (Fsp3) is 0.200. The average Bonchev–Trinajstić information content (AvgIpc) is 2.46. The third-order valence-electron chi connectivity index (χ3n) is 2.92. The lowest BCUT2D eigenvalue weighted by Gasteiger charge is -2.11. The third kappa shape index (κ3) is 3.06. The normalized spacial score (nSPS) is 10.1. The van der Waals surface area contributed by atoms with Crippen molar-refractivity contribution in [2.45, 2.75) is 13.5 Å². The largest absolute Gasteiger partial charge is 0.494 e. The van der Waals surface area contributed by atoms with Crippen molar-refractivity contribution in [3.63, 3.8) is 0 Å². The van der Waals surface area contributed by atoms with Gasteiger partial charge in [-0.3, -0.25) is 9.78 Å². The Labute approximate surface area is 117 Å². The van der Waals surface area contributed by atoms with E-state index in [9.17, 15) is 4.79 Å². The highest BCUT2D eigenvalue weighted by Gasteiger charge is 2.13. The van der Waals surface area contributed by atoms with Crippen LogP contribution in [-0.4, -0.2) is 18.0 Å². The van der Waals surface area contributed by atoms with Crippen molar-refractivity contribution in [1.29, 1.82) is 0 Å². The molecule has 2 rings (SSSR count). The first-order valence-electron chi connectivity index (χ1n) is 6.24. The van der Waals surface area contributed by atoms with Crippen LogP contribution in [-0.2, 0) is 6.54 Å². The molecule has 1 aromatic heterocycles. The fourth-order valence-corrected chi connectivity index (χ4v) is 1.84. The van der Waals surface area contributed by atoms with Crippen molar-refractivity contribution in [2.24, 2.45) is 0 Å². The number of carbonyl (C=O) groups is 1. The number of carbonyl (C=O) groups excluding carboxylic acids is 1. The van der Waals surface area contributed by atoms with Crippen LogP contribution in [0.1, 0.15) is 21.6 Å². The molecule has 0 bridgehead atoms. The van der Waals surface area contributed by atoms with E-state index in [0.717, 1.165) is 11.3 Å². The zero-order valence-corrected chi connectivity index (χ0v) is 11.5. The predicted molar refractivity (Wildman–Crippen MR) is 77.6 cm³/mol. The van der Waals surface area contributed by atoms with Gasteiger partial charge in [0.15, 0.2) is 5.75 Å². The van der Waals surface area contributed by atoms with Crippen molar-refractivity contribution < 1.29 is 9.53 Å². The molecule has 0 radical (unpaired) electrons. The summed E-state index contributed by atoms with van der Waals surface area (Å²) in [6.45, 7) is 2.32. The molecule has 0 saturated carbocycles. The van der Waals surface area contributed by atoms with Gasteiger partial charge in [-0.15, -0.1) is 0 Å². The maximum atomic E-state index is 12.1. The number of nitrogen functional groups attached to an aromatic ring is 1. The van der Waals surface area contributed by atoms with E-state index in [1.165, 1.54) is 7.11 Å². The van der Waals surface area contributed by atoms with Crippen LogP contribution < -0.4 is 15.8 Å². The van der Waals surface area contributed by atoms with E-state index in [4.69, 9.17) is 10.5 Å². The monoisotopic (exact) mass is 271 g/mol. The molecule has 0 atom stereocenters. The summed E-state index contributed by atoms with van der Waals surface area (Å²) in [5, 5.41) is 2.82. The first-order valence-corrected chi connectivity index (χ1v) is 6.24. The smallest absolute Gasteiger partial charge is 0.255 e. The Hall–Kier alpha value is -2.56. The van der Waals surface area contributed by atoms with E-state index in [1.54, 1.807) is 24.4 Å². The van der Waals surface area contributed by atoms with Crippen LogP contribution >= 0.6 is 0 Å². The molecule has 0 aliphatic heterocycles. The van der Waals surface area contributed by atoms with Crippen molar-refractivity contribution in [3.8, 4) is 5.75 Å². The van der Waals surface area contributed by atoms with Crippen molar-refractivity contribution in [2.75, 3.05) is 12.8 Å². The maximum absolute atomic E-state index is 12.1. The molecule has 5 nitrogen and oxygen atoms in total. The number of para-hydroxylation sites is 1. The highest BCUT2D eigenvalue weighted by Crippen LogP contribution is 2.25. The first-order chi connectivity index (χ1) is 9.61. The summed E-state index contributed by atoms with van der Waals surface area (Å²) in [4.78, 5) is 16.3. The Balaban J connectivity index is 2.09. The molecule has 1 aromatic carbocycles. The first kappa shape index (κ1) is 13.9. The number of benzene rings is 1. The number of nitrogens with one attached hydrogen (secondary N) is 1. The van der Waals surface area contributed by atoms with Gasteiger partial charge in [0.05, 0.1) is 18.4 Å². The number of anilines is 1. The van der Waals surface area contributed by atoms with E-state index in [2.05, 4.69) is 10.3 Å². The van der Waals surface area contributed by atoms with Crippen LogP contribution in [0, 0.1) is 6.92 Å². The molecule has 0 aliphatic rings. The van der Waals surface area contributed by atoms with E-state index in [0.29, 0.717) is 23.5 Å². The number of nitrogens with two attached hydrogens (primary N) is 1. The summed E-state index contributed by atoms with van der Waals surface area (Å²) in [5.74, 6) is 0.168. The number of ether oxygens (including phenoxy) is 1. The Kier molecular flexibility index (Phi) is 4.20. The molecule has 0 aliphatic carbocycles. The van der Waals surface area contributed by atoms with Crippen molar-refractivity contribution in [3.05, 3.63) is 53.3 Å². The van der Waals surface area contributed by atoms with Gasteiger partial charge in [0.25, 0.3) is 5.91 Å². The topological polar surface area (TPSA) is 77.2 Å². The van der Waals surface area contributed by atoms with Gasteiger partial charge in [0.2, 0.25) is 0 Å². The Morgan fingerprint density at radius 3 is 2.80 bits per heavy atom. The lowest BCUT2D eigenvalue weighted by atomic mass is 10.1. The molecule has 0 spiro atoms. The molecule has 0 saturated heterocycles. The van der Waals surface area contributed by atoms with Gasteiger partial charge in [-0.2, -0.15) is 0 Å². The van der Waals surface area contributed by atoms with Crippen LogP contribution in [0.5, 0.6) is 5.75 Å². The molecule has 104 valence electrons. The number of nitrogens with zero attached hydrogens (tertiary/aromatic N) is 1. The molecular weight excluding hydrogens is 254 g/mol. The maximum Gasteiger partial charge on any atom is 0.255 e. The molecule has 0 fully saturated rings. The van der Waals surface area contributed by atoms with E-state index in [1.807, 2.05) is 19.1 Å². The molecule has 2 aromatic rings. The van der Waals surface area contributed by atoms with Gasteiger partial charge in [0.1, 0.15) is 0 Å². The average molecular weight is 271 g/mol. The zero-order chi connectivity index (χ0) is 14.5. The molecule has 1 amide bonds. The molecule has 5 heteroatoms. The van der Waals surface area contributed by atoms with E-state index < -0.39 is 0 Å². The number of hydrogen-bond donors (Lipinski definition) is 2. The van der Waals surface area contributed by atoms with Crippen LogP contribution in [0.2, 0.25) is 0 Å². The Morgan fingerprint density at radius 1 is 1.35 bits per heavy atom. The lowest BCUT2D eigenvalue weighted by Crippen LogP contribution is -2.23. The highest BCUT2D eigenvalue weighted by atomic mass is 16.5. The fourth-order valence-electron chi connectivity index (χ4n) is 1.84. The summed E-state index contributed by atoms with van der Waals surface area (Å²) in [5.41, 5.74) is 8.52. The minimum Gasteiger partial charge on any atom is -0.494 e. The predicted octanol–water partition coefficient (Wildman–Crippen LogP) is 1.91. The van der Waals surface area contributed by atoms with Crippen LogP contribution in [0.25, 0.3) is 0 Å². The summed E-state index contributed by atoms with van der Waals surface area (Å²) in [6.07, 6.45) is 1.74. The van der Waals surface area contributed by atoms with Gasteiger partial charge >= 0.3 is 0 Å². The highest BCUT2D eigenvalue weighted by molar-refractivity contribution is 5.98.